The molecule has 0 bridgehead atoms. The van der Waals surface area contributed by atoms with E-state index in [1.807, 2.05) is 12.1 Å². The van der Waals surface area contributed by atoms with Crippen LogP contribution in [-0.4, -0.2) is 68.6 Å². The van der Waals surface area contributed by atoms with Crippen LogP contribution in [0.1, 0.15) is 26.7 Å². The lowest BCUT2D eigenvalue weighted by atomic mass is 10.1. The third-order valence-electron chi connectivity index (χ3n) is 4.49. The zero-order chi connectivity index (χ0) is 19.5. The van der Waals surface area contributed by atoms with Crippen LogP contribution in [0.15, 0.2) is 34.2 Å². The zero-order valence-corrected chi connectivity index (χ0v) is 20.3. The van der Waals surface area contributed by atoms with Crippen molar-refractivity contribution < 1.29 is 9.13 Å². The molecule has 1 aromatic carbocycles. The van der Waals surface area contributed by atoms with E-state index in [-0.39, 0.29) is 29.8 Å². The molecule has 0 aliphatic carbocycles. The van der Waals surface area contributed by atoms with Gasteiger partial charge in [-0.15, -0.1) is 35.7 Å². The third kappa shape index (κ3) is 10.3. The minimum atomic E-state index is -0.194. The van der Waals surface area contributed by atoms with Crippen LogP contribution in [0.3, 0.4) is 0 Å². The third-order valence-corrected chi connectivity index (χ3v) is 5.50. The van der Waals surface area contributed by atoms with E-state index in [9.17, 15) is 4.39 Å². The van der Waals surface area contributed by atoms with E-state index in [0.717, 1.165) is 62.2 Å². The molecule has 0 aromatic heterocycles. The lowest BCUT2D eigenvalue weighted by molar-refractivity contribution is 0.0532. The minimum absolute atomic E-state index is 0. The molecule has 2 rings (SSSR count). The summed E-state index contributed by atoms with van der Waals surface area (Å²) < 4.78 is 18.6. The van der Waals surface area contributed by atoms with E-state index in [1.54, 1.807) is 18.8 Å². The van der Waals surface area contributed by atoms with Gasteiger partial charge in [-0.05, 0) is 51.0 Å². The molecule has 0 amide bonds. The largest absolute Gasteiger partial charge is 0.377 e. The normalized spacial score (nSPS) is 16.1. The van der Waals surface area contributed by atoms with E-state index < -0.39 is 0 Å². The van der Waals surface area contributed by atoms with Gasteiger partial charge in [0.05, 0.1) is 12.7 Å². The maximum absolute atomic E-state index is 12.9. The van der Waals surface area contributed by atoms with Gasteiger partial charge in [0.1, 0.15) is 5.82 Å². The quantitative estimate of drug-likeness (QED) is 0.170. The van der Waals surface area contributed by atoms with Gasteiger partial charge in [0.2, 0.25) is 0 Å². The van der Waals surface area contributed by atoms with Crippen LogP contribution < -0.4 is 10.6 Å². The SMILES string of the molecule is CN=C(NCCSc1ccc(F)cc1)NC1CCN(CCOC(C)C)CC1.I. The molecule has 1 aliphatic heterocycles. The van der Waals surface area contributed by atoms with Gasteiger partial charge >= 0.3 is 0 Å². The Bertz CT molecular complexity index is 566. The number of ether oxygens (including phenoxy) is 1. The number of piperidine rings is 1. The Balaban J connectivity index is 0.00000392. The maximum atomic E-state index is 12.9. The van der Waals surface area contributed by atoms with Gasteiger partial charge in [0.15, 0.2) is 5.96 Å². The average Bonchev–Trinajstić information content (AvgIpc) is 2.66. The first kappa shape index (κ1) is 25.5. The zero-order valence-electron chi connectivity index (χ0n) is 17.1. The summed E-state index contributed by atoms with van der Waals surface area (Å²) >= 11 is 1.71. The number of rotatable bonds is 9. The summed E-state index contributed by atoms with van der Waals surface area (Å²) in [4.78, 5) is 7.88. The molecule has 8 heteroatoms. The Kier molecular flexibility index (Phi) is 13.1. The standard InChI is InChI=1S/C20H33FN4OS.HI/c1-16(2)26-14-13-25-11-8-18(9-12-25)24-20(22-3)23-10-15-27-19-6-4-17(21)5-7-19;/h4-7,16,18H,8-15H2,1-3H3,(H2,22,23,24);1H. The molecule has 0 unspecified atom stereocenters. The van der Waals surface area contributed by atoms with Gasteiger partial charge in [-0.2, -0.15) is 0 Å². The highest BCUT2D eigenvalue weighted by Gasteiger charge is 2.19. The van der Waals surface area contributed by atoms with Gasteiger partial charge in [0.25, 0.3) is 0 Å². The van der Waals surface area contributed by atoms with Crippen molar-refractivity contribution in [3.8, 4) is 0 Å². The van der Waals surface area contributed by atoms with Crippen LogP contribution in [0.2, 0.25) is 0 Å². The lowest BCUT2D eigenvalue weighted by Gasteiger charge is -2.33. The second-order valence-electron chi connectivity index (χ2n) is 6.98. The molecule has 1 heterocycles. The molecular formula is C20H34FIN4OS. The monoisotopic (exact) mass is 524 g/mol. The highest BCUT2D eigenvalue weighted by atomic mass is 127. The van der Waals surface area contributed by atoms with Crippen molar-refractivity contribution in [1.29, 1.82) is 0 Å². The first-order chi connectivity index (χ1) is 13.1. The number of hydrogen-bond acceptors (Lipinski definition) is 4. The Morgan fingerprint density at radius 1 is 1.29 bits per heavy atom. The van der Waals surface area contributed by atoms with E-state index in [2.05, 4.69) is 34.4 Å². The van der Waals surface area contributed by atoms with Gasteiger partial charge in [-0.25, -0.2) is 4.39 Å². The Morgan fingerprint density at radius 2 is 1.96 bits per heavy atom. The van der Waals surface area contributed by atoms with Crippen LogP contribution in [0, 0.1) is 5.82 Å². The van der Waals surface area contributed by atoms with Crippen LogP contribution >= 0.6 is 35.7 Å². The summed E-state index contributed by atoms with van der Waals surface area (Å²) in [7, 11) is 1.81. The number of benzene rings is 1. The number of likely N-dealkylation sites (tertiary alicyclic amines) is 1. The van der Waals surface area contributed by atoms with Crippen LogP contribution in [-0.2, 0) is 4.74 Å². The topological polar surface area (TPSA) is 48.9 Å². The summed E-state index contributed by atoms with van der Waals surface area (Å²) in [5.41, 5.74) is 0. The minimum Gasteiger partial charge on any atom is -0.377 e. The molecule has 0 radical (unpaired) electrons. The summed E-state index contributed by atoms with van der Waals surface area (Å²) in [6.45, 7) is 8.98. The summed E-state index contributed by atoms with van der Waals surface area (Å²) in [5.74, 6) is 1.57. The molecule has 0 saturated carbocycles. The maximum Gasteiger partial charge on any atom is 0.191 e. The van der Waals surface area contributed by atoms with Crippen molar-refractivity contribution in [1.82, 2.24) is 15.5 Å². The molecule has 1 fully saturated rings. The Morgan fingerprint density at radius 3 is 2.57 bits per heavy atom. The van der Waals surface area contributed by atoms with E-state index >= 15 is 0 Å². The van der Waals surface area contributed by atoms with E-state index in [4.69, 9.17) is 4.74 Å². The predicted octanol–water partition coefficient (Wildman–Crippen LogP) is 3.59. The number of halogens is 2. The fourth-order valence-electron chi connectivity index (χ4n) is 2.98. The molecule has 160 valence electrons. The highest BCUT2D eigenvalue weighted by Crippen LogP contribution is 2.17. The van der Waals surface area contributed by atoms with Crippen molar-refractivity contribution in [3.05, 3.63) is 30.1 Å². The lowest BCUT2D eigenvalue weighted by Crippen LogP contribution is -2.49. The van der Waals surface area contributed by atoms with Crippen molar-refractivity contribution in [2.45, 2.75) is 43.7 Å². The second kappa shape index (κ2) is 14.4. The van der Waals surface area contributed by atoms with E-state index in [1.165, 1.54) is 12.1 Å². The van der Waals surface area contributed by atoms with Crippen LogP contribution in [0.4, 0.5) is 4.39 Å². The Labute approximate surface area is 190 Å². The Hall–Kier alpha value is -0.580. The number of thioether (sulfide) groups is 1. The fourth-order valence-corrected chi connectivity index (χ4v) is 3.74. The number of nitrogens with zero attached hydrogens (tertiary/aromatic N) is 2. The molecule has 2 N–H and O–H groups in total. The van der Waals surface area contributed by atoms with Crippen LogP contribution in [0.25, 0.3) is 0 Å². The van der Waals surface area contributed by atoms with Gasteiger partial charge in [-0.3, -0.25) is 4.99 Å². The molecular weight excluding hydrogens is 490 g/mol. The van der Waals surface area contributed by atoms with Gasteiger partial charge in [-0.1, -0.05) is 0 Å². The molecule has 1 aliphatic rings. The molecule has 1 aromatic rings. The average molecular weight is 524 g/mol. The first-order valence-electron chi connectivity index (χ1n) is 9.76. The molecule has 0 atom stereocenters. The van der Waals surface area contributed by atoms with Crippen molar-refractivity contribution in [3.63, 3.8) is 0 Å². The fraction of sp³-hybridized carbons (Fsp3) is 0.650. The number of hydrogen-bond donors (Lipinski definition) is 2. The van der Waals surface area contributed by atoms with Gasteiger partial charge < -0.3 is 20.3 Å². The number of guanidine groups is 1. The summed E-state index contributed by atoms with van der Waals surface area (Å²) in [5, 5.41) is 6.90. The molecule has 0 spiro atoms. The molecule has 5 nitrogen and oxygen atoms in total. The second-order valence-corrected chi connectivity index (χ2v) is 8.15. The summed E-state index contributed by atoms with van der Waals surface area (Å²) in [6.07, 6.45) is 2.54. The smallest absolute Gasteiger partial charge is 0.191 e. The van der Waals surface area contributed by atoms with E-state index in [0.29, 0.717) is 12.1 Å². The predicted molar refractivity (Wildman–Crippen MR) is 128 cm³/mol. The summed E-state index contributed by atoms with van der Waals surface area (Å²) in [6, 6.07) is 7.08. The van der Waals surface area contributed by atoms with Crippen molar-refractivity contribution >= 4 is 41.7 Å². The number of aliphatic imine (C=N–C) groups is 1. The highest BCUT2D eigenvalue weighted by molar-refractivity contribution is 14.0. The first-order valence-corrected chi connectivity index (χ1v) is 10.7. The molecule has 28 heavy (non-hydrogen) atoms. The van der Waals surface area contributed by atoms with Crippen molar-refractivity contribution in [2.24, 2.45) is 4.99 Å². The van der Waals surface area contributed by atoms with Gasteiger partial charge in [0, 0.05) is 49.9 Å². The van der Waals surface area contributed by atoms with Crippen molar-refractivity contribution in [2.75, 3.05) is 45.6 Å². The van der Waals surface area contributed by atoms with Crippen LogP contribution in [0.5, 0.6) is 0 Å². The molecule has 1 saturated heterocycles. The number of nitrogens with one attached hydrogen (secondary N) is 2.